The lowest BCUT2D eigenvalue weighted by molar-refractivity contribution is 0.477. The smallest absolute Gasteiger partial charge is 0.434 e. The van der Waals surface area contributed by atoms with Gasteiger partial charge in [0.05, 0.1) is 50.2 Å². The summed E-state index contributed by atoms with van der Waals surface area (Å²) < 4.78 is 21.6. The van der Waals surface area contributed by atoms with E-state index in [1.165, 1.54) is 43.4 Å². The number of nitrogens with zero attached hydrogens (tertiary/aromatic N) is 3. The van der Waals surface area contributed by atoms with E-state index in [2.05, 4.69) is 208 Å². The Morgan fingerprint density at radius 3 is 1.48 bits per heavy atom. The maximum atomic E-state index is 7.35. The summed E-state index contributed by atoms with van der Waals surface area (Å²) >= 11 is 0. The zero-order valence-electron chi connectivity index (χ0n) is 32.2. The first-order valence-electron chi connectivity index (χ1n) is 20.5. The van der Waals surface area contributed by atoms with Gasteiger partial charge >= 0.3 is 6.92 Å². The number of hydrogen-bond acceptors (Lipinski definition) is 2. The molecular formula is C54H32BN3O2. The molecule has 5 nitrogen and oxygen atoms in total. The van der Waals surface area contributed by atoms with Crippen molar-refractivity contribution in [3.8, 4) is 45.4 Å². The maximum absolute atomic E-state index is 7.35. The van der Waals surface area contributed by atoms with E-state index in [4.69, 9.17) is 9.39 Å². The van der Waals surface area contributed by atoms with Crippen molar-refractivity contribution in [2.45, 2.75) is 0 Å². The minimum Gasteiger partial charge on any atom is -0.551 e. The van der Waals surface area contributed by atoms with Gasteiger partial charge in [0.15, 0.2) is 0 Å². The van der Waals surface area contributed by atoms with E-state index in [-0.39, 0.29) is 6.92 Å². The molecule has 0 amide bonds. The molecule has 278 valence electrons. The zero-order chi connectivity index (χ0) is 39.1. The number of para-hydroxylation sites is 8. The highest BCUT2D eigenvalue weighted by atomic mass is 16.5. The minimum absolute atomic E-state index is 0.359. The molecule has 0 unspecified atom stereocenters. The van der Waals surface area contributed by atoms with Gasteiger partial charge in [0.1, 0.15) is 17.2 Å². The molecule has 14 rings (SSSR count). The molecule has 0 bridgehead atoms. The summed E-state index contributed by atoms with van der Waals surface area (Å²) in [7, 11) is 0. The topological polar surface area (TPSA) is 33.2 Å². The summed E-state index contributed by atoms with van der Waals surface area (Å²) in [6.07, 6.45) is 0. The Morgan fingerprint density at radius 1 is 0.367 bits per heavy atom. The molecule has 5 heterocycles. The highest BCUT2D eigenvalue weighted by Gasteiger charge is 2.42. The zero-order valence-corrected chi connectivity index (χ0v) is 32.2. The molecule has 9 aromatic carbocycles. The first kappa shape index (κ1) is 32.1. The van der Waals surface area contributed by atoms with Crippen LogP contribution in [0, 0.1) is 0 Å². The van der Waals surface area contributed by atoms with Gasteiger partial charge in [0.2, 0.25) is 0 Å². The first-order valence-corrected chi connectivity index (χ1v) is 20.5. The van der Waals surface area contributed by atoms with Crippen LogP contribution in [0.3, 0.4) is 0 Å². The summed E-state index contributed by atoms with van der Waals surface area (Å²) in [5, 5.41) is 7.28. The van der Waals surface area contributed by atoms with Crippen LogP contribution in [0.1, 0.15) is 0 Å². The SMILES string of the molecule is c1ccc2c(c1)OB1c3cccc(-n4c5ccccc5c5ccccc54)c3Oc3cc(-n4c5ccccc5c5cccc(-n6c7ccccc7c7ccccc76)c54)cc-2c31. The number of hydrogen-bond donors (Lipinski definition) is 0. The fraction of sp³-hybridized carbons (Fsp3) is 0. The number of ether oxygens (including phenoxy) is 1. The van der Waals surface area contributed by atoms with Crippen LogP contribution < -0.4 is 20.3 Å². The predicted octanol–water partition coefficient (Wildman–Crippen LogP) is 12.2. The highest BCUT2D eigenvalue weighted by Crippen LogP contribution is 2.45. The van der Waals surface area contributed by atoms with Crippen molar-refractivity contribution in [1.82, 2.24) is 13.7 Å². The second-order valence-electron chi connectivity index (χ2n) is 16.0. The normalized spacial score (nSPS) is 12.9. The maximum Gasteiger partial charge on any atom is 0.434 e. The Morgan fingerprint density at radius 2 is 0.850 bits per heavy atom. The van der Waals surface area contributed by atoms with E-state index in [1.807, 2.05) is 0 Å². The van der Waals surface area contributed by atoms with Crippen LogP contribution in [0.4, 0.5) is 0 Å². The molecular weight excluding hydrogens is 733 g/mol. The van der Waals surface area contributed by atoms with Crippen molar-refractivity contribution >= 4 is 83.3 Å². The van der Waals surface area contributed by atoms with Crippen LogP contribution >= 0.6 is 0 Å². The van der Waals surface area contributed by atoms with Gasteiger partial charge in [-0.25, -0.2) is 0 Å². The van der Waals surface area contributed by atoms with Crippen molar-refractivity contribution < 1.29 is 9.39 Å². The van der Waals surface area contributed by atoms with Gasteiger partial charge in [-0.1, -0.05) is 133 Å². The average molecular weight is 766 g/mol. The summed E-state index contributed by atoms with van der Waals surface area (Å²) in [6.45, 7) is -0.359. The number of rotatable bonds is 3. The molecule has 0 radical (unpaired) electrons. The van der Waals surface area contributed by atoms with Gasteiger partial charge in [-0.05, 0) is 60.2 Å². The lowest BCUT2D eigenvalue weighted by atomic mass is 9.50. The van der Waals surface area contributed by atoms with E-state index in [9.17, 15) is 0 Å². The molecule has 6 heteroatoms. The van der Waals surface area contributed by atoms with Gasteiger partial charge in [-0.3, -0.25) is 0 Å². The summed E-state index contributed by atoms with van der Waals surface area (Å²) in [5.74, 6) is 2.46. The molecule has 0 saturated carbocycles. The van der Waals surface area contributed by atoms with E-state index in [0.717, 1.165) is 78.4 Å². The van der Waals surface area contributed by atoms with Crippen LogP contribution in [-0.2, 0) is 0 Å². The Kier molecular flexibility index (Phi) is 6.31. The average Bonchev–Trinajstić information content (AvgIpc) is 3.95. The summed E-state index contributed by atoms with van der Waals surface area (Å²) in [4.78, 5) is 0. The Bertz CT molecular complexity index is 3710. The van der Waals surface area contributed by atoms with E-state index in [1.54, 1.807) is 0 Å². The van der Waals surface area contributed by atoms with Crippen molar-refractivity contribution in [3.05, 3.63) is 194 Å². The van der Waals surface area contributed by atoms with E-state index >= 15 is 0 Å². The van der Waals surface area contributed by atoms with Crippen LogP contribution in [0.5, 0.6) is 17.2 Å². The third-order valence-corrected chi connectivity index (χ3v) is 12.9. The quantitative estimate of drug-likeness (QED) is 0.168. The van der Waals surface area contributed by atoms with Crippen molar-refractivity contribution in [2.75, 3.05) is 0 Å². The molecule has 12 aromatic rings. The van der Waals surface area contributed by atoms with E-state index in [0.29, 0.717) is 0 Å². The Balaban J connectivity index is 1.07. The Labute approximate surface area is 344 Å². The van der Waals surface area contributed by atoms with Crippen LogP contribution in [0.25, 0.3) is 93.6 Å². The van der Waals surface area contributed by atoms with Crippen molar-refractivity contribution in [3.63, 3.8) is 0 Å². The first-order chi connectivity index (χ1) is 29.8. The third kappa shape index (κ3) is 4.16. The summed E-state index contributed by atoms with van der Waals surface area (Å²) in [6, 6.07) is 69.8. The third-order valence-electron chi connectivity index (χ3n) is 12.9. The molecule has 0 saturated heterocycles. The predicted molar refractivity (Wildman–Crippen MR) is 247 cm³/mol. The minimum atomic E-state index is -0.359. The lowest BCUT2D eigenvalue weighted by Gasteiger charge is -2.34. The molecule has 2 aliphatic heterocycles. The standard InChI is InChI=1S/C54H32BN3O2/c1-8-24-44-34(15-1)35-16-2-9-25-45(35)57(44)48-28-13-21-40-38-19-5-7-23-43(38)56(53(40)48)33-31-41-39-20-6-12-30-50(39)60-55-42-22-14-29-49(54(42)59-51(32-33)52(41)55)58-46-26-10-3-17-36(46)37-18-4-11-27-47(37)58/h1-32H. The van der Waals surface area contributed by atoms with Gasteiger partial charge in [-0.2, -0.15) is 0 Å². The molecule has 0 aliphatic carbocycles. The second-order valence-corrected chi connectivity index (χ2v) is 16.0. The fourth-order valence-corrected chi connectivity index (χ4v) is 10.5. The lowest BCUT2D eigenvalue weighted by Crippen LogP contribution is -2.53. The van der Waals surface area contributed by atoms with Crippen LogP contribution in [0.2, 0.25) is 0 Å². The molecule has 0 spiro atoms. The number of benzene rings is 9. The van der Waals surface area contributed by atoms with Gasteiger partial charge in [0.25, 0.3) is 0 Å². The van der Waals surface area contributed by atoms with Crippen LogP contribution in [-0.4, -0.2) is 20.6 Å². The molecule has 3 aromatic heterocycles. The van der Waals surface area contributed by atoms with Crippen molar-refractivity contribution in [1.29, 1.82) is 0 Å². The number of fused-ring (bicyclic) bond motifs is 13. The Hall–Kier alpha value is -7.96. The molecule has 2 aliphatic rings. The molecule has 0 fully saturated rings. The molecule has 0 atom stereocenters. The largest absolute Gasteiger partial charge is 0.551 e. The summed E-state index contributed by atoms with van der Waals surface area (Å²) in [5.41, 5.74) is 14.2. The molecule has 0 N–H and O–H groups in total. The van der Waals surface area contributed by atoms with Crippen LogP contribution in [0.15, 0.2) is 194 Å². The monoisotopic (exact) mass is 765 g/mol. The van der Waals surface area contributed by atoms with Gasteiger partial charge < -0.3 is 23.1 Å². The second kappa shape index (κ2) is 11.8. The van der Waals surface area contributed by atoms with Gasteiger partial charge in [-0.15, -0.1) is 0 Å². The van der Waals surface area contributed by atoms with Gasteiger partial charge in [0, 0.05) is 54.9 Å². The highest BCUT2D eigenvalue weighted by molar-refractivity contribution is 6.84. The fourth-order valence-electron chi connectivity index (χ4n) is 10.5. The van der Waals surface area contributed by atoms with E-state index < -0.39 is 0 Å². The van der Waals surface area contributed by atoms with Crippen molar-refractivity contribution in [2.24, 2.45) is 0 Å². The molecule has 60 heavy (non-hydrogen) atoms. The number of aromatic nitrogens is 3.